The van der Waals surface area contributed by atoms with Crippen molar-refractivity contribution in [1.29, 1.82) is 0 Å². The lowest BCUT2D eigenvalue weighted by Crippen LogP contribution is -2.48. The maximum absolute atomic E-state index is 13.9. The zero-order valence-corrected chi connectivity index (χ0v) is 16.4. The number of ether oxygens (including phenoxy) is 1. The largest absolute Gasteiger partial charge is 0.494 e. The standard InChI is InChI=1S/C19H23F2N3O3S/c1-27-19-7-6-15(14-17(19)21)28(25,26)22-8-9-23-10-12-24(13-11-23)18-5-3-2-4-16(18)20/h2-7,14,22H,8-13H2,1H3. The first-order valence-electron chi connectivity index (χ1n) is 8.96. The third-order valence-corrected chi connectivity index (χ3v) is 6.18. The van der Waals surface area contributed by atoms with Gasteiger partial charge in [0.05, 0.1) is 17.7 Å². The summed E-state index contributed by atoms with van der Waals surface area (Å²) < 4.78 is 59.5. The monoisotopic (exact) mass is 411 g/mol. The molecule has 152 valence electrons. The molecule has 0 atom stereocenters. The van der Waals surface area contributed by atoms with Gasteiger partial charge < -0.3 is 9.64 Å². The number of methoxy groups -OCH3 is 1. The first-order chi connectivity index (χ1) is 13.4. The van der Waals surface area contributed by atoms with Gasteiger partial charge in [-0.3, -0.25) is 4.90 Å². The number of nitrogens with one attached hydrogen (secondary N) is 1. The van der Waals surface area contributed by atoms with Gasteiger partial charge in [-0.15, -0.1) is 0 Å². The molecule has 9 heteroatoms. The summed E-state index contributed by atoms with van der Waals surface area (Å²) in [6, 6.07) is 10.2. The second-order valence-electron chi connectivity index (χ2n) is 6.47. The fraction of sp³-hybridized carbons (Fsp3) is 0.368. The van der Waals surface area contributed by atoms with E-state index in [4.69, 9.17) is 4.74 Å². The molecule has 1 aliphatic heterocycles. The second-order valence-corrected chi connectivity index (χ2v) is 8.24. The van der Waals surface area contributed by atoms with Gasteiger partial charge in [0.2, 0.25) is 10.0 Å². The van der Waals surface area contributed by atoms with E-state index < -0.39 is 15.8 Å². The Bertz CT molecular complexity index is 916. The average molecular weight is 411 g/mol. The van der Waals surface area contributed by atoms with E-state index in [2.05, 4.69) is 9.62 Å². The Morgan fingerprint density at radius 2 is 1.75 bits per heavy atom. The molecule has 0 aliphatic carbocycles. The number of anilines is 1. The maximum Gasteiger partial charge on any atom is 0.240 e. The minimum absolute atomic E-state index is 0.00771. The lowest BCUT2D eigenvalue weighted by molar-refractivity contribution is 0.261. The van der Waals surface area contributed by atoms with Crippen molar-refractivity contribution in [2.24, 2.45) is 0 Å². The lowest BCUT2D eigenvalue weighted by Gasteiger charge is -2.36. The van der Waals surface area contributed by atoms with E-state index in [1.54, 1.807) is 12.1 Å². The predicted octanol–water partition coefficient (Wildman–Crippen LogP) is 2.07. The Morgan fingerprint density at radius 1 is 1.04 bits per heavy atom. The topological polar surface area (TPSA) is 61.9 Å². The number of piperazine rings is 1. The Hall–Kier alpha value is -2.23. The molecule has 0 saturated carbocycles. The van der Waals surface area contributed by atoms with Crippen molar-refractivity contribution in [3.05, 3.63) is 54.1 Å². The second kappa shape index (κ2) is 8.85. The van der Waals surface area contributed by atoms with Gasteiger partial charge in [0, 0.05) is 39.3 Å². The molecular formula is C19H23F2N3O3S. The van der Waals surface area contributed by atoms with E-state index in [9.17, 15) is 17.2 Å². The number of halogens is 2. The first kappa shape index (κ1) is 20.5. The Balaban J connectivity index is 1.49. The third-order valence-electron chi connectivity index (χ3n) is 4.72. The van der Waals surface area contributed by atoms with E-state index in [0.29, 0.717) is 38.4 Å². The minimum atomic E-state index is -3.80. The van der Waals surface area contributed by atoms with Crippen LogP contribution in [0.1, 0.15) is 0 Å². The summed E-state index contributed by atoms with van der Waals surface area (Å²) >= 11 is 0. The summed E-state index contributed by atoms with van der Waals surface area (Å²) in [7, 11) is -2.48. The van der Waals surface area contributed by atoms with Gasteiger partial charge >= 0.3 is 0 Å². The number of hydrogen-bond acceptors (Lipinski definition) is 5. The predicted molar refractivity (Wildman–Crippen MR) is 103 cm³/mol. The van der Waals surface area contributed by atoms with Crippen LogP contribution >= 0.6 is 0 Å². The van der Waals surface area contributed by atoms with Gasteiger partial charge in [-0.1, -0.05) is 12.1 Å². The first-order valence-corrected chi connectivity index (χ1v) is 10.4. The van der Waals surface area contributed by atoms with Crippen molar-refractivity contribution in [2.75, 3.05) is 51.3 Å². The van der Waals surface area contributed by atoms with Crippen LogP contribution in [0.15, 0.2) is 47.4 Å². The van der Waals surface area contributed by atoms with Gasteiger partial charge in [-0.05, 0) is 30.3 Å². The normalized spacial score (nSPS) is 15.6. The van der Waals surface area contributed by atoms with Crippen LogP contribution in [0.3, 0.4) is 0 Å². The molecule has 1 aliphatic rings. The van der Waals surface area contributed by atoms with Crippen LogP contribution in [0.4, 0.5) is 14.5 Å². The van der Waals surface area contributed by atoms with Crippen molar-refractivity contribution in [2.45, 2.75) is 4.90 Å². The van der Waals surface area contributed by atoms with Crippen LogP contribution in [-0.2, 0) is 10.0 Å². The molecule has 0 radical (unpaired) electrons. The Labute approximate surface area is 163 Å². The highest BCUT2D eigenvalue weighted by atomic mass is 32.2. The number of rotatable bonds is 7. The molecule has 2 aromatic carbocycles. The summed E-state index contributed by atoms with van der Waals surface area (Å²) in [5.41, 5.74) is 0.587. The van der Waals surface area contributed by atoms with Gasteiger partial charge in [0.1, 0.15) is 5.82 Å². The molecule has 2 aromatic rings. The fourth-order valence-corrected chi connectivity index (χ4v) is 4.19. The van der Waals surface area contributed by atoms with Crippen LogP contribution in [0.25, 0.3) is 0 Å². The number of benzene rings is 2. The summed E-state index contributed by atoms with van der Waals surface area (Å²) in [5.74, 6) is -0.975. The zero-order chi connectivity index (χ0) is 20.1. The van der Waals surface area contributed by atoms with E-state index in [0.717, 1.165) is 6.07 Å². The van der Waals surface area contributed by atoms with E-state index in [1.165, 1.54) is 25.3 Å². The lowest BCUT2D eigenvalue weighted by atomic mass is 10.2. The van der Waals surface area contributed by atoms with Crippen LogP contribution < -0.4 is 14.4 Å². The van der Waals surface area contributed by atoms with Crippen LogP contribution in [0.5, 0.6) is 5.75 Å². The number of sulfonamides is 1. The van der Waals surface area contributed by atoms with Crippen LogP contribution in [0.2, 0.25) is 0 Å². The number of hydrogen-bond donors (Lipinski definition) is 1. The zero-order valence-electron chi connectivity index (χ0n) is 15.6. The molecule has 1 fully saturated rings. The molecule has 28 heavy (non-hydrogen) atoms. The molecule has 1 N–H and O–H groups in total. The van der Waals surface area contributed by atoms with Crippen molar-refractivity contribution in [1.82, 2.24) is 9.62 Å². The van der Waals surface area contributed by atoms with Crippen molar-refractivity contribution >= 4 is 15.7 Å². The summed E-state index contributed by atoms with van der Waals surface area (Å²) in [6.07, 6.45) is 0. The molecular weight excluding hydrogens is 388 g/mol. The van der Waals surface area contributed by atoms with Gasteiger partial charge in [0.15, 0.2) is 11.6 Å². The Kier molecular flexibility index (Phi) is 6.48. The van der Waals surface area contributed by atoms with Crippen LogP contribution in [-0.4, -0.2) is 59.7 Å². The van der Waals surface area contributed by atoms with Crippen molar-refractivity contribution in [3.63, 3.8) is 0 Å². The number of para-hydroxylation sites is 1. The molecule has 0 spiro atoms. The summed E-state index contributed by atoms with van der Waals surface area (Å²) in [4.78, 5) is 3.94. The highest BCUT2D eigenvalue weighted by Crippen LogP contribution is 2.21. The molecule has 6 nitrogen and oxygen atoms in total. The van der Waals surface area contributed by atoms with Gasteiger partial charge in [-0.25, -0.2) is 21.9 Å². The highest BCUT2D eigenvalue weighted by molar-refractivity contribution is 7.89. The van der Waals surface area contributed by atoms with E-state index in [1.807, 2.05) is 11.0 Å². The molecule has 0 unspecified atom stereocenters. The van der Waals surface area contributed by atoms with E-state index >= 15 is 0 Å². The summed E-state index contributed by atoms with van der Waals surface area (Å²) in [5, 5.41) is 0. The van der Waals surface area contributed by atoms with Crippen LogP contribution in [0, 0.1) is 11.6 Å². The Morgan fingerprint density at radius 3 is 2.39 bits per heavy atom. The van der Waals surface area contributed by atoms with Crippen molar-refractivity contribution in [3.8, 4) is 5.75 Å². The van der Waals surface area contributed by atoms with Crippen molar-refractivity contribution < 1.29 is 21.9 Å². The third kappa shape index (κ3) is 4.78. The molecule has 1 heterocycles. The molecule has 0 amide bonds. The van der Waals surface area contributed by atoms with E-state index in [-0.39, 0.29) is 23.0 Å². The molecule has 0 aromatic heterocycles. The van der Waals surface area contributed by atoms with Gasteiger partial charge in [0.25, 0.3) is 0 Å². The minimum Gasteiger partial charge on any atom is -0.494 e. The fourth-order valence-electron chi connectivity index (χ4n) is 3.16. The maximum atomic E-state index is 13.9. The molecule has 0 bridgehead atoms. The smallest absolute Gasteiger partial charge is 0.240 e. The number of nitrogens with zero attached hydrogens (tertiary/aromatic N) is 2. The SMILES string of the molecule is COc1ccc(S(=O)(=O)NCCN2CCN(c3ccccc3F)CC2)cc1F. The summed E-state index contributed by atoms with van der Waals surface area (Å²) in [6.45, 7) is 3.45. The quantitative estimate of drug-likeness (QED) is 0.756. The molecule has 1 saturated heterocycles. The average Bonchev–Trinajstić information content (AvgIpc) is 2.69. The van der Waals surface area contributed by atoms with Gasteiger partial charge in [-0.2, -0.15) is 0 Å². The molecule has 3 rings (SSSR count). The highest BCUT2D eigenvalue weighted by Gasteiger charge is 2.20.